The van der Waals surface area contributed by atoms with Gasteiger partial charge < -0.3 is 10.6 Å². The molecule has 1 amide bonds. The van der Waals surface area contributed by atoms with E-state index in [4.69, 9.17) is 5.73 Å². The fraction of sp³-hybridized carbons (Fsp3) is 0.500. The van der Waals surface area contributed by atoms with E-state index in [-0.39, 0.29) is 11.9 Å². The van der Waals surface area contributed by atoms with Gasteiger partial charge in [-0.2, -0.15) is 0 Å². The van der Waals surface area contributed by atoms with Crippen molar-refractivity contribution in [1.82, 2.24) is 4.90 Å². The molecule has 0 radical (unpaired) electrons. The van der Waals surface area contributed by atoms with Gasteiger partial charge in [0.15, 0.2) is 0 Å². The van der Waals surface area contributed by atoms with E-state index in [2.05, 4.69) is 11.8 Å². The first-order chi connectivity index (χ1) is 8.63. The second-order valence-electron chi connectivity index (χ2n) is 4.89. The van der Waals surface area contributed by atoms with Crippen molar-refractivity contribution in [2.75, 3.05) is 31.1 Å². The van der Waals surface area contributed by atoms with Gasteiger partial charge in [0.25, 0.3) is 0 Å². The first-order valence-electron chi connectivity index (χ1n) is 6.43. The number of hydrogen-bond acceptors (Lipinski definition) is 3. The van der Waals surface area contributed by atoms with Crippen LogP contribution < -0.4 is 10.6 Å². The third-order valence-corrected chi connectivity index (χ3v) is 3.62. The average molecular weight is 247 g/mol. The number of nitrogens with zero attached hydrogens (tertiary/aromatic N) is 2. The molecule has 2 rings (SSSR count). The molecular weight excluding hydrogens is 226 g/mol. The molecule has 1 unspecified atom stereocenters. The van der Waals surface area contributed by atoms with Gasteiger partial charge in [0, 0.05) is 31.4 Å². The summed E-state index contributed by atoms with van der Waals surface area (Å²) in [7, 11) is 0. The summed E-state index contributed by atoms with van der Waals surface area (Å²) in [6, 6.07) is 8.29. The van der Waals surface area contributed by atoms with Gasteiger partial charge in [-0.05, 0) is 25.5 Å². The zero-order chi connectivity index (χ0) is 13.1. The molecule has 2 N–H and O–H groups in total. The Kier molecular flexibility index (Phi) is 3.99. The molecule has 0 bridgehead atoms. The Labute approximate surface area is 108 Å². The lowest BCUT2D eigenvalue weighted by molar-refractivity contribution is -0.121. The van der Waals surface area contributed by atoms with Gasteiger partial charge in [-0.3, -0.25) is 9.69 Å². The van der Waals surface area contributed by atoms with Crippen molar-refractivity contribution >= 4 is 11.6 Å². The van der Waals surface area contributed by atoms with E-state index in [1.807, 2.05) is 36.1 Å². The summed E-state index contributed by atoms with van der Waals surface area (Å²) in [6.07, 6.45) is 0. The third kappa shape index (κ3) is 2.54. The SMILES string of the molecule is Cc1ccccc1N1CCN(C(C)CN)CC1=O. The number of carbonyl (C=O) groups excluding carboxylic acids is 1. The van der Waals surface area contributed by atoms with Gasteiger partial charge in [-0.15, -0.1) is 0 Å². The van der Waals surface area contributed by atoms with Crippen LogP contribution in [-0.2, 0) is 4.79 Å². The second-order valence-corrected chi connectivity index (χ2v) is 4.89. The molecule has 98 valence electrons. The van der Waals surface area contributed by atoms with E-state index in [9.17, 15) is 4.79 Å². The minimum Gasteiger partial charge on any atom is -0.329 e. The number of rotatable bonds is 3. The summed E-state index contributed by atoms with van der Waals surface area (Å²) in [5.41, 5.74) is 7.83. The molecule has 1 aromatic carbocycles. The Hall–Kier alpha value is -1.39. The molecule has 0 aromatic heterocycles. The van der Waals surface area contributed by atoms with Gasteiger partial charge in [-0.1, -0.05) is 18.2 Å². The number of hydrogen-bond donors (Lipinski definition) is 1. The highest BCUT2D eigenvalue weighted by Gasteiger charge is 2.27. The van der Waals surface area contributed by atoms with E-state index in [0.717, 1.165) is 24.3 Å². The van der Waals surface area contributed by atoms with Crippen molar-refractivity contribution in [3.05, 3.63) is 29.8 Å². The molecule has 0 saturated carbocycles. The molecule has 1 heterocycles. The van der Waals surface area contributed by atoms with E-state index in [1.54, 1.807) is 0 Å². The zero-order valence-electron chi connectivity index (χ0n) is 11.1. The fourth-order valence-electron chi connectivity index (χ4n) is 2.34. The predicted molar refractivity (Wildman–Crippen MR) is 73.6 cm³/mol. The molecule has 0 spiro atoms. The maximum atomic E-state index is 12.2. The number of amides is 1. The number of nitrogens with two attached hydrogens (primary N) is 1. The summed E-state index contributed by atoms with van der Waals surface area (Å²) in [5.74, 6) is 0.163. The number of carbonyl (C=O) groups is 1. The van der Waals surface area contributed by atoms with Crippen LogP contribution in [0.5, 0.6) is 0 Å². The molecular formula is C14H21N3O. The Morgan fingerprint density at radius 3 is 2.67 bits per heavy atom. The molecule has 1 atom stereocenters. The Morgan fingerprint density at radius 1 is 1.33 bits per heavy atom. The van der Waals surface area contributed by atoms with Crippen LogP contribution >= 0.6 is 0 Å². The van der Waals surface area contributed by atoms with E-state index < -0.39 is 0 Å². The highest BCUT2D eigenvalue weighted by molar-refractivity contribution is 5.96. The van der Waals surface area contributed by atoms with Crippen molar-refractivity contribution < 1.29 is 4.79 Å². The van der Waals surface area contributed by atoms with Crippen LogP contribution in [-0.4, -0.2) is 43.0 Å². The summed E-state index contributed by atoms with van der Waals surface area (Å²) in [4.78, 5) is 16.3. The smallest absolute Gasteiger partial charge is 0.241 e. The van der Waals surface area contributed by atoms with E-state index in [0.29, 0.717) is 13.1 Å². The Morgan fingerprint density at radius 2 is 2.06 bits per heavy atom. The topological polar surface area (TPSA) is 49.6 Å². The van der Waals surface area contributed by atoms with Gasteiger partial charge in [-0.25, -0.2) is 0 Å². The summed E-state index contributed by atoms with van der Waals surface area (Å²) >= 11 is 0. The van der Waals surface area contributed by atoms with Crippen molar-refractivity contribution in [1.29, 1.82) is 0 Å². The molecule has 1 saturated heterocycles. The maximum Gasteiger partial charge on any atom is 0.241 e. The van der Waals surface area contributed by atoms with E-state index >= 15 is 0 Å². The number of piperazine rings is 1. The summed E-state index contributed by atoms with van der Waals surface area (Å²) < 4.78 is 0. The molecule has 4 heteroatoms. The lowest BCUT2D eigenvalue weighted by Crippen LogP contribution is -2.54. The second kappa shape index (κ2) is 5.50. The minimum absolute atomic E-state index is 0.163. The van der Waals surface area contributed by atoms with Crippen LogP contribution in [0.4, 0.5) is 5.69 Å². The van der Waals surface area contributed by atoms with Gasteiger partial charge in [0.2, 0.25) is 5.91 Å². The first-order valence-corrected chi connectivity index (χ1v) is 6.43. The van der Waals surface area contributed by atoms with Crippen molar-refractivity contribution in [3.63, 3.8) is 0 Å². The van der Waals surface area contributed by atoms with Crippen LogP contribution in [0.1, 0.15) is 12.5 Å². The standard InChI is InChI=1S/C14H21N3O/c1-11-5-3-4-6-13(11)17-8-7-16(10-14(17)18)12(2)9-15/h3-6,12H,7-10,15H2,1-2H3. The summed E-state index contributed by atoms with van der Waals surface area (Å²) in [6.45, 7) is 6.80. The molecule has 0 aliphatic carbocycles. The van der Waals surface area contributed by atoms with Gasteiger partial charge in [0.1, 0.15) is 0 Å². The molecule has 1 aliphatic heterocycles. The predicted octanol–water partition coefficient (Wildman–Crippen LogP) is 0.991. The van der Waals surface area contributed by atoms with Crippen LogP contribution in [0.15, 0.2) is 24.3 Å². The largest absolute Gasteiger partial charge is 0.329 e. The molecule has 4 nitrogen and oxygen atoms in total. The van der Waals surface area contributed by atoms with Gasteiger partial charge in [0.05, 0.1) is 6.54 Å². The highest BCUT2D eigenvalue weighted by atomic mass is 16.2. The summed E-state index contributed by atoms with van der Waals surface area (Å²) in [5, 5.41) is 0. The lowest BCUT2D eigenvalue weighted by atomic mass is 10.1. The molecule has 18 heavy (non-hydrogen) atoms. The molecule has 1 fully saturated rings. The maximum absolute atomic E-state index is 12.2. The minimum atomic E-state index is 0.163. The highest BCUT2D eigenvalue weighted by Crippen LogP contribution is 2.21. The molecule has 1 aromatic rings. The number of para-hydroxylation sites is 1. The van der Waals surface area contributed by atoms with Crippen molar-refractivity contribution in [3.8, 4) is 0 Å². The van der Waals surface area contributed by atoms with E-state index in [1.165, 1.54) is 0 Å². The monoisotopic (exact) mass is 247 g/mol. The normalized spacial score (nSPS) is 19.1. The Bertz CT molecular complexity index is 433. The van der Waals surface area contributed by atoms with Crippen LogP contribution in [0.25, 0.3) is 0 Å². The van der Waals surface area contributed by atoms with Crippen LogP contribution in [0.2, 0.25) is 0 Å². The third-order valence-electron chi connectivity index (χ3n) is 3.62. The lowest BCUT2D eigenvalue weighted by Gasteiger charge is -2.37. The van der Waals surface area contributed by atoms with Crippen LogP contribution in [0, 0.1) is 6.92 Å². The number of anilines is 1. The van der Waals surface area contributed by atoms with Crippen molar-refractivity contribution in [2.45, 2.75) is 19.9 Å². The zero-order valence-corrected chi connectivity index (χ0v) is 11.1. The first kappa shape index (κ1) is 13.1. The average Bonchev–Trinajstić information content (AvgIpc) is 2.39. The van der Waals surface area contributed by atoms with Gasteiger partial charge >= 0.3 is 0 Å². The van der Waals surface area contributed by atoms with Crippen LogP contribution in [0.3, 0.4) is 0 Å². The Balaban J connectivity index is 2.11. The fourth-order valence-corrected chi connectivity index (χ4v) is 2.34. The number of aryl methyl sites for hydroxylation is 1. The van der Waals surface area contributed by atoms with Crippen molar-refractivity contribution in [2.24, 2.45) is 5.73 Å². The quantitative estimate of drug-likeness (QED) is 0.866. The molecule has 1 aliphatic rings. The number of benzene rings is 1.